The molecule has 2 aliphatic rings. The fourth-order valence-corrected chi connectivity index (χ4v) is 3.59. The summed E-state index contributed by atoms with van der Waals surface area (Å²) in [6.07, 6.45) is -0.0609. The van der Waals surface area contributed by atoms with Crippen molar-refractivity contribution in [2.45, 2.75) is 6.10 Å². The SMILES string of the molecule is CN=C(NCC1COc2ccccc2O1)N1CCN(c2ccccc2O)CC1. The molecule has 2 aliphatic heterocycles. The van der Waals surface area contributed by atoms with Gasteiger partial charge in [-0.05, 0) is 24.3 Å². The molecule has 7 heteroatoms. The Morgan fingerprint density at radius 2 is 1.79 bits per heavy atom. The highest BCUT2D eigenvalue weighted by Gasteiger charge is 2.24. The predicted molar refractivity (Wildman–Crippen MR) is 110 cm³/mol. The summed E-state index contributed by atoms with van der Waals surface area (Å²) in [7, 11) is 1.80. The van der Waals surface area contributed by atoms with Crippen LogP contribution in [-0.2, 0) is 0 Å². The average Bonchev–Trinajstić information content (AvgIpc) is 2.75. The molecular formula is C21H26N4O3. The van der Waals surface area contributed by atoms with Crippen molar-refractivity contribution in [3.05, 3.63) is 48.5 Å². The van der Waals surface area contributed by atoms with E-state index in [0.717, 1.165) is 49.3 Å². The van der Waals surface area contributed by atoms with Crippen LogP contribution in [0.1, 0.15) is 0 Å². The van der Waals surface area contributed by atoms with Crippen molar-refractivity contribution in [3.8, 4) is 17.2 Å². The number of ether oxygens (including phenoxy) is 2. The minimum absolute atomic E-state index is 0.0609. The normalized spacial score (nSPS) is 19.5. The molecule has 7 nitrogen and oxygen atoms in total. The van der Waals surface area contributed by atoms with Crippen molar-refractivity contribution in [3.63, 3.8) is 0 Å². The molecule has 1 fully saturated rings. The van der Waals surface area contributed by atoms with E-state index in [1.807, 2.05) is 42.5 Å². The van der Waals surface area contributed by atoms with Gasteiger partial charge in [-0.15, -0.1) is 0 Å². The molecule has 2 N–H and O–H groups in total. The Bertz CT molecular complexity index is 834. The highest BCUT2D eigenvalue weighted by Crippen LogP contribution is 2.30. The molecule has 0 saturated carbocycles. The molecule has 0 bridgehead atoms. The molecule has 0 radical (unpaired) electrons. The summed E-state index contributed by atoms with van der Waals surface area (Å²) in [5.41, 5.74) is 0.886. The van der Waals surface area contributed by atoms with E-state index in [2.05, 4.69) is 20.1 Å². The molecule has 1 atom stereocenters. The zero-order valence-electron chi connectivity index (χ0n) is 16.0. The maximum Gasteiger partial charge on any atom is 0.193 e. The lowest BCUT2D eigenvalue weighted by Gasteiger charge is -2.38. The van der Waals surface area contributed by atoms with Gasteiger partial charge in [0.2, 0.25) is 0 Å². The van der Waals surface area contributed by atoms with Crippen LogP contribution in [-0.4, -0.2) is 68.4 Å². The maximum absolute atomic E-state index is 10.1. The molecule has 0 aromatic heterocycles. The quantitative estimate of drug-likeness (QED) is 0.625. The third-order valence-electron chi connectivity index (χ3n) is 5.07. The number of hydrogen-bond donors (Lipinski definition) is 2. The topological polar surface area (TPSA) is 69.6 Å². The molecule has 0 spiro atoms. The number of fused-ring (bicyclic) bond motifs is 1. The molecule has 1 saturated heterocycles. The third kappa shape index (κ3) is 3.93. The first-order valence-corrected chi connectivity index (χ1v) is 9.61. The number of guanidine groups is 1. The van der Waals surface area contributed by atoms with Crippen molar-refractivity contribution in [1.82, 2.24) is 10.2 Å². The number of anilines is 1. The molecule has 28 heavy (non-hydrogen) atoms. The van der Waals surface area contributed by atoms with Crippen LogP contribution in [0, 0.1) is 0 Å². The lowest BCUT2D eigenvalue weighted by molar-refractivity contribution is 0.0930. The van der Waals surface area contributed by atoms with E-state index in [1.54, 1.807) is 13.1 Å². The van der Waals surface area contributed by atoms with Crippen molar-refractivity contribution < 1.29 is 14.6 Å². The number of aliphatic imine (C=N–C) groups is 1. The van der Waals surface area contributed by atoms with Crippen LogP contribution in [0.2, 0.25) is 0 Å². The molecule has 4 rings (SSSR count). The molecule has 0 aliphatic carbocycles. The van der Waals surface area contributed by atoms with Gasteiger partial charge < -0.3 is 29.7 Å². The minimum Gasteiger partial charge on any atom is -0.506 e. The van der Waals surface area contributed by atoms with Crippen LogP contribution in [0.4, 0.5) is 5.69 Å². The summed E-state index contributed by atoms with van der Waals surface area (Å²) in [6, 6.07) is 15.2. The number of nitrogens with zero attached hydrogens (tertiary/aromatic N) is 3. The van der Waals surface area contributed by atoms with Gasteiger partial charge in [0, 0.05) is 33.2 Å². The second-order valence-electron chi connectivity index (χ2n) is 6.89. The van der Waals surface area contributed by atoms with Gasteiger partial charge in [-0.2, -0.15) is 0 Å². The van der Waals surface area contributed by atoms with E-state index in [-0.39, 0.29) is 6.10 Å². The molecule has 2 heterocycles. The first-order valence-electron chi connectivity index (χ1n) is 9.61. The molecule has 2 aromatic rings. The number of piperazine rings is 1. The molecular weight excluding hydrogens is 356 g/mol. The van der Waals surface area contributed by atoms with Crippen molar-refractivity contribution >= 4 is 11.6 Å². The lowest BCUT2D eigenvalue weighted by Crippen LogP contribution is -2.54. The Morgan fingerprint density at radius 3 is 2.54 bits per heavy atom. The maximum atomic E-state index is 10.1. The van der Waals surface area contributed by atoms with Gasteiger partial charge in [0.1, 0.15) is 18.5 Å². The summed E-state index contributed by atoms with van der Waals surface area (Å²) in [5, 5.41) is 13.5. The Kier molecular flexibility index (Phi) is 5.41. The number of hydrogen-bond acceptors (Lipinski definition) is 5. The first kappa shape index (κ1) is 18.3. The summed E-state index contributed by atoms with van der Waals surface area (Å²) in [6.45, 7) is 4.46. The van der Waals surface area contributed by atoms with E-state index in [4.69, 9.17) is 9.47 Å². The van der Waals surface area contributed by atoms with E-state index >= 15 is 0 Å². The first-order chi connectivity index (χ1) is 13.7. The van der Waals surface area contributed by atoms with Gasteiger partial charge in [0.25, 0.3) is 0 Å². The van der Waals surface area contributed by atoms with Crippen LogP contribution < -0.4 is 19.7 Å². The molecule has 1 unspecified atom stereocenters. The molecule has 148 valence electrons. The van der Waals surface area contributed by atoms with Crippen molar-refractivity contribution in [2.75, 3.05) is 51.3 Å². The van der Waals surface area contributed by atoms with Gasteiger partial charge >= 0.3 is 0 Å². The van der Waals surface area contributed by atoms with Crippen LogP contribution in [0.25, 0.3) is 0 Å². The van der Waals surface area contributed by atoms with Crippen LogP contribution in [0.3, 0.4) is 0 Å². The summed E-state index contributed by atoms with van der Waals surface area (Å²) < 4.78 is 11.8. The Balaban J connectivity index is 1.29. The van der Waals surface area contributed by atoms with Crippen molar-refractivity contribution in [2.24, 2.45) is 4.99 Å². The van der Waals surface area contributed by atoms with E-state index in [1.165, 1.54) is 0 Å². The predicted octanol–water partition coefficient (Wildman–Crippen LogP) is 1.93. The minimum atomic E-state index is -0.0609. The number of rotatable bonds is 3. The average molecular weight is 382 g/mol. The monoisotopic (exact) mass is 382 g/mol. The third-order valence-corrected chi connectivity index (χ3v) is 5.07. The van der Waals surface area contributed by atoms with E-state index < -0.39 is 0 Å². The van der Waals surface area contributed by atoms with E-state index in [9.17, 15) is 5.11 Å². The highest BCUT2D eigenvalue weighted by molar-refractivity contribution is 5.80. The van der Waals surface area contributed by atoms with Crippen LogP contribution in [0.15, 0.2) is 53.5 Å². The fourth-order valence-electron chi connectivity index (χ4n) is 3.59. The number of phenols is 1. The van der Waals surface area contributed by atoms with Crippen LogP contribution >= 0.6 is 0 Å². The zero-order chi connectivity index (χ0) is 19.3. The highest BCUT2D eigenvalue weighted by atomic mass is 16.6. The van der Waals surface area contributed by atoms with Gasteiger partial charge in [-0.3, -0.25) is 4.99 Å². The number of para-hydroxylation sites is 4. The smallest absolute Gasteiger partial charge is 0.193 e. The zero-order valence-corrected chi connectivity index (χ0v) is 16.0. The Morgan fingerprint density at radius 1 is 1.07 bits per heavy atom. The van der Waals surface area contributed by atoms with Gasteiger partial charge in [-0.25, -0.2) is 0 Å². The van der Waals surface area contributed by atoms with Crippen molar-refractivity contribution in [1.29, 1.82) is 0 Å². The molecule has 2 aromatic carbocycles. The van der Waals surface area contributed by atoms with E-state index in [0.29, 0.717) is 18.9 Å². The van der Waals surface area contributed by atoms with Gasteiger partial charge in [0.15, 0.2) is 17.5 Å². The summed E-state index contributed by atoms with van der Waals surface area (Å²) in [5.74, 6) is 2.77. The van der Waals surface area contributed by atoms with Crippen LogP contribution in [0.5, 0.6) is 17.2 Å². The largest absolute Gasteiger partial charge is 0.506 e. The second-order valence-corrected chi connectivity index (χ2v) is 6.89. The number of benzene rings is 2. The standard InChI is InChI=1S/C21H26N4O3/c1-22-21(23-14-16-15-27-19-8-4-5-9-20(19)28-16)25-12-10-24(11-13-25)17-6-2-3-7-18(17)26/h2-9,16,26H,10-15H2,1H3,(H,22,23). The summed E-state index contributed by atoms with van der Waals surface area (Å²) >= 11 is 0. The number of nitrogens with one attached hydrogen (secondary N) is 1. The van der Waals surface area contributed by atoms with Gasteiger partial charge in [0.05, 0.1) is 12.2 Å². The molecule has 0 amide bonds. The summed E-state index contributed by atoms with van der Waals surface area (Å²) in [4.78, 5) is 8.86. The van der Waals surface area contributed by atoms with Gasteiger partial charge in [-0.1, -0.05) is 24.3 Å². The Labute approximate surface area is 165 Å². The second kappa shape index (κ2) is 8.29. The fraction of sp³-hybridized carbons (Fsp3) is 0.381. The number of phenolic OH excluding ortho intramolecular Hbond substituents is 1. The number of aromatic hydroxyl groups is 1. The lowest BCUT2D eigenvalue weighted by atomic mass is 10.2. The Hall–Kier alpha value is -3.09.